The average Bonchev–Trinajstić information content (AvgIpc) is 3.18. The lowest BCUT2D eigenvalue weighted by Gasteiger charge is -2.25. The molecule has 0 aliphatic rings. The summed E-state index contributed by atoms with van der Waals surface area (Å²) in [6, 6.07) is 17.2. The molecule has 2 N–H and O–H groups in total. The van der Waals surface area contributed by atoms with E-state index in [2.05, 4.69) is 88.9 Å². The van der Waals surface area contributed by atoms with Gasteiger partial charge < -0.3 is 15.5 Å². The first-order valence-corrected chi connectivity index (χ1v) is 10.2. The number of thiophene rings is 1. The van der Waals surface area contributed by atoms with E-state index in [0.29, 0.717) is 13.1 Å². The van der Waals surface area contributed by atoms with Crippen molar-refractivity contribution < 1.29 is 4.79 Å². The third-order valence-electron chi connectivity index (χ3n) is 4.79. The number of benzene rings is 2. The van der Waals surface area contributed by atoms with Gasteiger partial charge in [-0.15, -0.1) is 0 Å². The van der Waals surface area contributed by atoms with Crippen molar-refractivity contribution in [3.8, 4) is 0 Å². The van der Waals surface area contributed by atoms with E-state index in [-0.39, 0.29) is 12.1 Å². The second kappa shape index (κ2) is 9.53. The maximum Gasteiger partial charge on any atom is 0.314 e. The molecule has 0 saturated carbocycles. The summed E-state index contributed by atoms with van der Waals surface area (Å²) in [7, 11) is 4.11. The fourth-order valence-corrected chi connectivity index (χ4v) is 3.81. The van der Waals surface area contributed by atoms with Crippen LogP contribution in [-0.2, 0) is 12.8 Å². The van der Waals surface area contributed by atoms with Crippen molar-refractivity contribution in [2.45, 2.75) is 18.9 Å². The van der Waals surface area contributed by atoms with Gasteiger partial charge >= 0.3 is 6.03 Å². The molecule has 3 aromatic rings. The third kappa shape index (κ3) is 5.81. The molecule has 27 heavy (non-hydrogen) atoms. The van der Waals surface area contributed by atoms with Crippen LogP contribution in [0, 0.1) is 0 Å². The van der Waals surface area contributed by atoms with Crippen molar-refractivity contribution in [1.29, 1.82) is 0 Å². The monoisotopic (exact) mass is 381 g/mol. The number of nitrogens with zero attached hydrogens (tertiary/aromatic N) is 1. The second-order valence-corrected chi connectivity index (χ2v) is 7.80. The smallest absolute Gasteiger partial charge is 0.314 e. The van der Waals surface area contributed by atoms with Gasteiger partial charge in [0, 0.05) is 19.1 Å². The van der Waals surface area contributed by atoms with Crippen molar-refractivity contribution in [3.05, 3.63) is 70.4 Å². The SMILES string of the molecule is CN(C)[C@H](CNC(=O)NCCc1ccsc1)Cc1ccc2ccccc2c1. The molecule has 5 heteroatoms. The minimum Gasteiger partial charge on any atom is -0.338 e. The molecule has 0 bridgehead atoms. The van der Waals surface area contributed by atoms with Crippen LogP contribution in [0.15, 0.2) is 59.3 Å². The second-order valence-electron chi connectivity index (χ2n) is 7.02. The predicted octanol–water partition coefficient (Wildman–Crippen LogP) is 3.92. The number of likely N-dealkylation sites (N-methyl/N-ethyl adjacent to an activating group) is 1. The average molecular weight is 382 g/mol. The van der Waals surface area contributed by atoms with Crippen LogP contribution < -0.4 is 10.6 Å². The molecule has 0 fully saturated rings. The molecule has 0 aliphatic heterocycles. The van der Waals surface area contributed by atoms with E-state index in [4.69, 9.17) is 0 Å². The van der Waals surface area contributed by atoms with Crippen molar-refractivity contribution in [2.75, 3.05) is 27.2 Å². The molecule has 1 aromatic heterocycles. The van der Waals surface area contributed by atoms with Gasteiger partial charge in [-0.25, -0.2) is 4.79 Å². The van der Waals surface area contributed by atoms with E-state index >= 15 is 0 Å². The van der Waals surface area contributed by atoms with E-state index in [0.717, 1.165) is 12.8 Å². The zero-order chi connectivity index (χ0) is 19.1. The number of hydrogen-bond donors (Lipinski definition) is 2. The lowest BCUT2D eigenvalue weighted by molar-refractivity contribution is 0.232. The predicted molar refractivity (Wildman–Crippen MR) is 115 cm³/mol. The van der Waals surface area contributed by atoms with Gasteiger partial charge in [-0.1, -0.05) is 42.5 Å². The summed E-state index contributed by atoms with van der Waals surface area (Å²) >= 11 is 1.68. The fourth-order valence-electron chi connectivity index (χ4n) is 3.10. The van der Waals surface area contributed by atoms with Crippen LogP contribution in [0.5, 0.6) is 0 Å². The highest BCUT2D eigenvalue weighted by Gasteiger charge is 2.14. The molecule has 142 valence electrons. The quantitative estimate of drug-likeness (QED) is 0.621. The van der Waals surface area contributed by atoms with Gasteiger partial charge in [0.05, 0.1) is 0 Å². The number of urea groups is 1. The van der Waals surface area contributed by atoms with Crippen LogP contribution in [0.4, 0.5) is 4.79 Å². The first-order chi connectivity index (χ1) is 13.1. The lowest BCUT2D eigenvalue weighted by Crippen LogP contribution is -2.45. The summed E-state index contributed by atoms with van der Waals surface area (Å²) in [5, 5.41) is 12.6. The van der Waals surface area contributed by atoms with Crippen LogP contribution in [0.3, 0.4) is 0 Å². The molecule has 0 saturated heterocycles. The van der Waals surface area contributed by atoms with Crippen molar-refractivity contribution in [1.82, 2.24) is 15.5 Å². The number of fused-ring (bicyclic) bond motifs is 1. The van der Waals surface area contributed by atoms with Gasteiger partial charge in [-0.2, -0.15) is 11.3 Å². The molecular weight excluding hydrogens is 354 g/mol. The van der Waals surface area contributed by atoms with Gasteiger partial charge in [0.25, 0.3) is 0 Å². The lowest BCUT2D eigenvalue weighted by atomic mass is 10.0. The van der Waals surface area contributed by atoms with Crippen LogP contribution in [0.25, 0.3) is 10.8 Å². The molecular formula is C22H27N3OS. The first-order valence-electron chi connectivity index (χ1n) is 9.28. The van der Waals surface area contributed by atoms with Gasteiger partial charge in [-0.3, -0.25) is 0 Å². The van der Waals surface area contributed by atoms with Crippen molar-refractivity contribution >= 4 is 28.1 Å². The molecule has 1 heterocycles. The number of amides is 2. The molecule has 0 spiro atoms. The van der Waals surface area contributed by atoms with Crippen molar-refractivity contribution in [3.63, 3.8) is 0 Å². The summed E-state index contributed by atoms with van der Waals surface area (Å²) in [5.74, 6) is 0. The molecule has 4 nitrogen and oxygen atoms in total. The minimum atomic E-state index is -0.101. The van der Waals surface area contributed by atoms with E-state index in [9.17, 15) is 4.79 Å². The molecule has 1 atom stereocenters. The summed E-state index contributed by atoms with van der Waals surface area (Å²) in [6.45, 7) is 1.27. The topological polar surface area (TPSA) is 44.4 Å². The Labute approximate surface area is 165 Å². The Kier molecular flexibility index (Phi) is 6.85. The van der Waals surface area contributed by atoms with Crippen LogP contribution in [-0.4, -0.2) is 44.2 Å². The van der Waals surface area contributed by atoms with E-state index < -0.39 is 0 Å². The molecule has 2 amide bonds. The Morgan fingerprint density at radius 1 is 1.04 bits per heavy atom. The maximum absolute atomic E-state index is 12.1. The zero-order valence-electron chi connectivity index (χ0n) is 15.9. The number of rotatable bonds is 8. The van der Waals surface area contributed by atoms with E-state index in [1.807, 2.05) is 0 Å². The first kappa shape index (κ1) is 19.4. The Hall–Kier alpha value is -2.37. The number of carbonyl (C=O) groups excluding carboxylic acids is 1. The largest absolute Gasteiger partial charge is 0.338 e. The van der Waals surface area contributed by atoms with E-state index in [1.165, 1.54) is 21.9 Å². The molecule has 0 aliphatic carbocycles. The highest BCUT2D eigenvalue weighted by atomic mass is 32.1. The summed E-state index contributed by atoms with van der Waals surface area (Å²) in [6.07, 6.45) is 1.76. The molecule has 2 aromatic carbocycles. The van der Waals surface area contributed by atoms with Gasteiger partial charge in [0.2, 0.25) is 0 Å². The Balaban J connectivity index is 1.49. The molecule has 3 rings (SSSR count). The molecule has 0 radical (unpaired) electrons. The Morgan fingerprint density at radius 2 is 1.85 bits per heavy atom. The fraction of sp³-hybridized carbons (Fsp3) is 0.318. The van der Waals surface area contributed by atoms with Crippen LogP contribution >= 0.6 is 11.3 Å². The van der Waals surface area contributed by atoms with Crippen LogP contribution in [0.2, 0.25) is 0 Å². The highest BCUT2D eigenvalue weighted by Crippen LogP contribution is 2.17. The summed E-state index contributed by atoms with van der Waals surface area (Å²) in [5.41, 5.74) is 2.55. The zero-order valence-corrected chi connectivity index (χ0v) is 16.8. The van der Waals surface area contributed by atoms with Crippen molar-refractivity contribution in [2.24, 2.45) is 0 Å². The number of nitrogens with one attached hydrogen (secondary N) is 2. The van der Waals surface area contributed by atoms with E-state index in [1.54, 1.807) is 11.3 Å². The van der Waals surface area contributed by atoms with Gasteiger partial charge in [0.15, 0.2) is 0 Å². The highest BCUT2D eigenvalue weighted by molar-refractivity contribution is 7.07. The minimum absolute atomic E-state index is 0.101. The summed E-state index contributed by atoms with van der Waals surface area (Å²) in [4.78, 5) is 14.3. The standard InChI is InChI=1S/C22H27N3OS/c1-25(2)21(14-18-7-8-19-5-3-4-6-20(19)13-18)15-24-22(26)23-11-9-17-10-12-27-16-17/h3-8,10,12-13,16,21H,9,11,14-15H2,1-2H3,(H2,23,24,26)/t21-/m0/s1. The number of hydrogen-bond acceptors (Lipinski definition) is 3. The maximum atomic E-state index is 12.1. The Bertz CT molecular complexity index is 861. The Morgan fingerprint density at radius 3 is 2.59 bits per heavy atom. The third-order valence-corrected chi connectivity index (χ3v) is 5.53. The number of carbonyl (C=O) groups is 1. The van der Waals surface area contributed by atoms with Gasteiger partial charge in [0.1, 0.15) is 0 Å². The van der Waals surface area contributed by atoms with Crippen LogP contribution in [0.1, 0.15) is 11.1 Å². The summed E-state index contributed by atoms with van der Waals surface area (Å²) < 4.78 is 0. The van der Waals surface area contributed by atoms with Gasteiger partial charge in [-0.05, 0) is 65.7 Å². The molecule has 0 unspecified atom stereocenters. The normalized spacial score (nSPS) is 12.3.